The number of benzene rings is 2. The summed E-state index contributed by atoms with van der Waals surface area (Å²) in [6.45, 7) is 6.56. The van der Waals surface area contributed by atoms with Crippen molar-refractivity contribution in [2.75, 3.05) is 33.9 Å². The SMILES string of the molecule is CN=C(NCCCOC(C)c1ccccc1)NCC(C)c1ccccc1OC. The highest BCUT2D eigenvalue weighted by atomic mass is 16.5. The number of methoxy groups -OCH3 is 1. The van der Waals surface area contributed by atoms with Crippen LogP contribution < -0.4 is 15.4 Å². The lowest BCUT2D eigenvalue weighted by Crippen LogP contribution is -2.39. The second kappa shape index (κ2) is 12.0. The molecule has 0 aromatic heterocycles. The normalized spacial score (nSPS) is 13.6. The molecular weight excluding hydrogens is 350 g/mol. The summed E-state index contributed by atoms with van der Waals surface area (Å²) in [6, 6.07) is 18.4. The van der Waals surface area contributed by atoms with Gasteiger partial charge in [0.1, 0.15) is 5.75 Å². The van der Waals surface area contributed by atoms with Gasteiger partial charge < -0.3 is 20.1 Å². The minimum atomic E-state index is 0.111. The molecule has 2 aromatic rings. The maximum absolute atomic E-state index is 5.91. The Morgan fingerprint density at radius 3 is 2.43 bits per heavy atom. The third-order valence-electron chi connectivity index (χ3n) is 4.72. The monoisotopic (exact) mass is 383 g/mol. The molecule has 0 amide bonds. The van der Waals surface area contributed by atoms with Crippen LogP contribution in [0.5, 0.6) is 5.75 Å². The van der Waals surface area contributed by atoms with Gasteiger partial charge in [0, 0.05) is 32.7 Å². The molecule has 0 aliphatic carbocycles. The van der Waals surface area contributed by atoms with Crippen LogP contribution in [-0.4, -0.2) is 39.8 Å². The summed E-state index contributed by atoms with van der Waals surface area (Å²) < 4.78 is 11.4. The molecule has 0 aliphatic heterocycles. The Morgan fingerprint density at radius 1 is 1.00 bits per heavy atom. The number of rotatable bonds is 10. The number of guanidine groups is 1. The summed E-state index contributed by atoms with van der Waals surface area (Å²) in [4.78, 5) is 4.30. The fourth-order valence-electron chi connectivity index (χ4n) is 3.01. The smallest absolute Gasteiger partial charge is 0.190 e. The van der Waals surface area contributed by atoms with Crippen LogP contribution in [0.4, 0.5) is 0 Å². The fourth-order valence-corrected chi connectivity index (χ4v) is 3.01. The minimum Gasteiger partial charge on any atom is -0.496 e. The summed E-state index contributed by atoms with van der Waals surface area (Å²) in [5, 5.41) is 6.73. The molecule has 0 radical (unpaired) electrons. The Labute approximate surface area is 169 Å². The molecule has 0 saturated heterocycles. The zero-order chi connectivity index (χ0) is 20.2. The highest BCUT2D eigenvalue weighted by molar-refractivity contribution is 5.79. The van der Waals surface area contributed by atoms with Crippen LogP contribution in [0.15, 0.2) is 59.6 Å². The summed E-state index contributed by atoms with van der Waals surface area (Å²) >= 11 is 0. The third-order valence-corrected chi connectivity index (χ3v) is 4.72. The van der Waals surface area contributed by atoms with Crippen molar-refractivity contribution in [3.8, 4) is 5.75 Å². The van der Waals surface area contributed by atoms with E-state index in [1.807, 2.05) is 36.4 Å². The number of hydrogen-bond acceptors (Lipinski definition) is 3. The van der Waals surface area contributed by atoms with Gasteiger partial charge in [0.25, 0.3) is 0 Å². The van der Waals surface area contributed by atoms with Gasteiger partial charge in [-0.25, -0.2) is 0 Å². The van der Waals surface area contributed by atoms with Gasteiger partial charge in [-0.1, -0.05) is 55.5 Å². The first-order valence-corrected chi connectivity index (χ1v) is 9.89. The van der Waals surface area contributed by atoms with Crippen LogP contribution >= 0.6 is 0 Å². The van der Waals surface area contributed by atoms with E-state index in [4.69, 9.17) is 9.47 Å². The molecule has 0 saturated carbocycles. The van der Waals surface area contributed by atoms with Gasteiger partial charge in [0.15, 0.2) is 5.96 Å². The maximum Gasteiger partial charge on any atom is 0.190 e. The molecule has 2 N–H and O–H groups in total. The third kappa shape index (κ3) is 6.89. The molecule has 2 aromatic carbocycles. The van der Waals surface area contributed by atoms with Crippen LogP contribution in [0.1, 0.15) is 43.4 Å². The number of nitrogens with zero attached hydrogens (tertiary/aromatic N) is 1. The van der Waals surface area contributed by atoms with E-state index in [9.17, 15) is 0 Å². The van der Waals surface area contributed by atoms with Crippen molar-refractivity contribution in [3.05, 3.63) is 65.7 Å². The van der Waals surface area contributed by atoms with E-state index in [0.717, 1.165) is 31.2 Å². The first-order chi connectivity index (χ1) is 13.7. The van der Waals surface area contributed by atoms with Crippen LogP contribution in [0.2, 0.25) is 0 Å². The van der Waals surface area contributed by atoms with E-state index >= 15 is 0 Å². The lowest BCUT2D eigenvalue weighted by molar-refractivity contribution is 0.0646. The summed E-state index contributed by atoms with van der Waals surface area (Å²) in [6.07, 6.45) is 1.03. The average Bonchev–Trinajstić information content (AvgIpc) is 2.75. The Hall–Kier alpha value is -2.53. The summed E-state index contributed by atoms with van der Waals surface area (Å²) in [7, 11) is 3.50. The highest BCUT2D eigenvalue weighted by Gasteiger charge is 2.11. The van der Waals surface area contributed by atoms with Gasteiger partial charge in [-0.3, -0.25) is 4.99 Å². The van der Waals surface area contributed by atoms with Gasteiger partial charge in [-0.15, -0.1) is 0 Å². The van der Waals surface area contributed by atoms with Crippen molar-refractivity contribution in [1.29, 1.82) is 0 Å². The van der Waals surface area contributed by atoms with Crippen LogP contribution in [0, 0.1) is 0 Å². The number of aliphatic imine (C=N–C) groups is 1. The highest BCUT2D eigenvalue weighted by Crippen LogP contribution is 2.25. The second-order valence-corrected chi connectivity index (χ2v) is 6.80. The van der Waals surface area contributed by atoms with E-state index in [-0.39, 0.29) is 6.10 Å². The van der Waals surface area contributed by atoms with Crippen LogP contribution in [0.3, 0.4) is 0 Å². The van der Waals surface area contributed by atoms with Gasteiger partial charge in [-0.05, 0) is 30.5 Å². The summed E-state index contributed by atoms with van der Waals surface area (Å²) in [5.74, 6) is 2.03. The molecule has 152 valence electrons. The molecule has 0 fully saturated rings. The Kier molecular flexibility index (Phi) is 9.35. The largest absolute Gasteiger partial charge is 0.496 e. The standard InChI is InChI=1S/C23H33N3O2/c1-18(21-13-8-9-14-22(21)27-4)17-26-23(24-3)25-15-10-16-28-19(2)20-11-6-5-7-12-20/h5-9,11-14,18-19H,10,15-17H2,1-4H3,(H2,24,25,26). The van der Waals surface area contributed by atoms with Crippen molar-refractivity contribution in [2.24, 2.45) is 4.99 Å². The average molecular weight is 384 g/mol. The minimum absolute atomic E-state index is 0.111. The van der Waals surface area contributed by atoms with Gasteiger partial charge in [0.2, 0.25) is 0 Å². The van der Waals surface area contributed by atoms with Crippen LogP contribution in [-0.2, 0) is 4.74 Å². The molecule has 2 rings (SSSR count). The molecule has 2 atom stereocenters. The molecule has 0 bridgehead atoms. The second-order valence-electron chi connectivity index (χ2n) is 6.80. The first kappa shape index (κ1) is 21.8. The number of nitrogens with one attached hydrogen (secondary N) is 2. The molecule has 0 heterocycles. The van der Waals surface area contributed by atoms with Crippen molar-refractivity contribution >= 4 is 5.96 Å². The van der Waals surface area contributed by atoms with E-state index in [1.54, 1.807) is 14.2 Å². The lowest BCUT2D eigenvalue weighted by atomic mass is 10.0. The Balaban J connectivity index is 1.67. The predicted octanol–water partition coefficient (Wildman–Crippen LogP) is 4.13. The predicted molar refractivity (Wildman–Crippen MR) is 116 cm³/mol. The zero-order valence-corrected chi connectivity index (χ0v) is 17.4. The van der Waals surface area contributed by atoms with Gasteiger partial charge in [-0.2, -0.15) is 0 Å². The van der Waals surface area contributed by atoms with E-state index in [0.29, 0.717) is 12.5 Å². The number of hydrogen-bond donors (Lipinski definition) is 2. The topological polar surface area (TPSA) is 54.9 Å². The molecule has 28 heavy (non-hydrogen) atoms. The summed E-state index contributed by atoms with van der Waals surface area (Å²) in [5.41, 5.74) is 2.40. The van der Waals surface area contributed by atoms with Crippen molar-refractivity contribution in [3.63, 3.8) is 0 Å². The Morgan fingerprint density at radius 2 is 1.71 bits per heavy atom. The lowest BCUT2D eigenvalue weighted by Gasteiger charge is -2.18. The van der Waals surface area contributed by atoms with Crippen molar-refractivity contribution < 1.29 is 9.47 Å². The molecular formula is C23H33N3O2. The number of ether oxygens (including phenoxy) is 2. The molecule has 2 unspecified atom stereocenters. The molecule has 0 spiro atoms. The van der Waals surface area contributed by atoms with E-state index in [2.05, 4.69) is 47.7 Å². The number of para-hydroxylation sites is 1. The maximum atomic E-state index is 5.91. The van der Waals surface area contributed by atoms with E-state index in [1.165, 1.54) is 11.1 Å². The zero-order valence-electron chi connectivity index (χ0n) is 17.4. The molecule has 5 nitrogen and oxygen atoms in total. The van der Waals surface area contributed by atoms with Crippen LogP contribution in [0.25, 0.3) is 0 Å². The fraction of sp³-hybridized carbons (Fsp3) is 0.435. The van der Waals surface area contributed by atoms with Crippen molar-refractivity contribution in [1.82, 2.24) is 10.6 Å². The van der Waals surface area contributed by atoms with Gasteiger partial charge >= 0.3 is 0 Å². The van der Waals surface area contributed by atoms with E-state index < -0.39 is 0 Å². The molecule has 0 aliphatic rings. The molecule has 5 heteroatoms. The quantitative estimate of drug-likeness (QED) is 0.368. The van der Waals surface area contributed by atoms with Gasteiger partial charge in [0.05, 0.1) is 13.2 Å². The Bertz CT molecular complexity index is 719. The van der Waals surface area contributed by atoms with Crippen molar-refractivity contribution in [2.45, 2.75) is 32.3 Å². The first-order valence-electron chi connectivity index (χ1n) is 9.89.